The summed E-state index contributed by atoms with van der Waals surface area (Å²) in [5.41, 5.74) is 3.37. The number of sulfonamides is 1. The third-order valence-corrected chi connectivity index (χ3v) is 6.19. The number of carbonyl (C=O) groups is 1. The van der Waals surface area contributed by atoms with E-state index in [-0.39, 0.29) is 12.3 Å². The second kappa shape index (κ2) is 10.8. The average molecular weight is 497 g/mol. The fourth-order valence-corrected chi connectivity index (χ4v) is 4.65. The van der Waals surface area contributed by atoms with Crippen LogP contribution in [0.25, 0.3) is 0 Å². The molecule has 2 aromatic carbocycles. The number of piperazine rings is 1. The Morgan fingerprint density at radius 3 is 2.44 bits per heavy atom. The van der Waals surface area contributed by atoms with Gasteiger partial charge in [0.1, 0.15) is 11.6 Å². The van der Waals surface area contributed by atoms with Crippen molar-refractivity contribution in [2.45, 2.75) is 57.3 Å². The van der Waals surface area contributed by atoms with Crippen LogP contribution in [0.5, 0.6) is 0 Å². The number of nitrogens with zero attached hydrogens (tertiary/aromatic N) is 1. The summed E-state index contributed by atoms with van der Waals surface area (Å²) in [6.45, 7) is 4.62. The number of hydrogen-bond donors (Lipinski definition) is 3. The highest BCUT2D eigenvalue weighted by atomic mass is 32.2. The van der Waals surface area contributed by atoms with Crippen LogP contribution in [0, 0.1) is 0 Å². The van der Waals surface area contributed by atoms with Gasteiger partial charge in [-0.25, -0.2) is 27.4 Å². The third-order valence-electron chi connectivity index (χ3n) is 5.02. The van der Waals surface area contributed by atoms with E-state index in [9.17, 15) is 17.6 Å². The van der Waals surface area contributed by atoms with Gasteiger partial charge < -0.3 is 4.74 Å². The Balaban J connectivity index is 1.76. The van der Waals surface area contributed by atoms with Crippen LogP contribution in [0.1, 0.15) is 43.5 Å². The number of ether oxygens (including phenoxy) is 1. The summed E-state index contributed by atoms with van der Waals surface area (Å²) >= 11 is 0. The summed E-state index contributed by atoms with van der Waals surface area (Å²) in [7, 11) is -3.69. The first-order valence-corrected chi connectivity index (χ1v) is 12.5. The molecule has 11 heteroatoms. The number of amides is 1. The lowest BCUT2D eigenvalue weighted by Gasteiger charge is -2.41. The Bertz CT molecular complexity index is 1080. The van der Waals surface area contributed by atoms with Gasteiger partial charge >= 0.3 is 6.09 Å². The molecule has 0 spiro atoms. The maximum Gasteiger partial charge on any atom is 0.411 e. The third kappa shape index (κ3) is 7.20. The molecule has 34 heavy (non-hydrogen) atoms. The lowest BCUT2D eigenvalue weighted by Crippen LogP contribution is -2.57. The SMILES string of the molecule is CC(C)(C)OC(=O)N1CC(F)NC(F)C1c1ccccc1CNNS(=O)(=O)Cc1ccccc1. The molecule has 2 aromatic rings. The normalized spacial score (nSPS) is 21.3. The molecule has 3 unspecified atom stereocenters. The first-order chi connectivity index (χ1) is 16.0. The van der Waals surface area contributed by atoms with E-state index in [2.05, 4.69) is 15.6 Å². The number of rotatable bonds is 7. The zero-order valence-corrected chi connectivity index (χ0v) is 20.1. The van der Waals surface area contributed by atoms with Crippen LogP contribution < -0.4 is 15.6 Å². The number of halogens is 2. The topological polar surface area (TPSA) is 99.8 Å². The molecule has 1 aliphatic rings. The first kappa shape index (κ1) is 26.0. The van der Waals surface area contributed by atoms with Gasteiger partial charge in [-0.15, -0.1) is 0 Å². The highest BCUT2D eigenvalue weighted by Crippen LogP contribution is 2.33. The molecule has 1 amide bonds. The van der Waals surface area contributed by atoms with Crippen LogP contribution >= 0.6 is 0 Å². The predicted octanol–water partition coefficient (Wildman–Crippen LogP) is 3.28. The van der Waals surface area contributed by atoms with Gasteiger partial charge in [-0.2, -0.15) is 4.83 Å². The molecule has 1 saturated heterocycles. The number of nitrogens with one attached hydrogen (secondary N) is 3. The van der Waals surface area contributed by atoms with Gasteiger partial charge in [0.15, 0.2) is 12.6 Å². The van der Waals surface area contributed by atoms with Gasteiger partial charge in [-0.3, -0.25) is 10.2 Å². The van der Waals surface area contributed by atoms with E-state index in [0.717, 1.165) is 4.90 Å². The lowest BCUT2D eigenvalue weighted by atomic mass is 9.96. The van der Waals surface area contributed by atoms with Crippen molar-refractivity contribution in [2.24, 2.45) is 0 Å². The van der Waals surface area contributed by atoms with Crippen molar-refractivity contribution in [3.05, 3.63) is 71.3 Å². The molecule has 0 aliphatic carbocycles. The summed E-state index contributed by atoms with van der Waals surface area (Å²) in [6, 6.07) is 14.2. The zero-order valence-electron chi connectivity index (χ0n) is 19.3. The van der Waals surface area contributed by atoms with Gasteiger partial charge in [-0.05, 0) is 37.5 Å². The Labute approximate surface area is 198 Å². The van der Waals surface area contributed by atoms with E-state index in [4.69, 9.17) is 4.74 Å². The minimum absolute atomic E-state index is 0.00856. The van der Waals surface area contributed by atoms with E-state index in [1.54, 1.807) is 75.4 Å². The minimum atomic E-state index is -3.69. The number of hydrazine groups is 1. The number of benzene rings is 2. The van der Waals surface area contributed by atoms with Crippen molar-refractivity contribution in [3.63, 3.8) is 0 Å². The van der Waals surface area contributed by atoms with Gasteiger partial charge in [0.05, 0.1) is 12.3 Å². The maximum absolute atomic E-state index is 15.0. The van der Waals surface area contributed by atoms with Gasteiger partial charge in [0, 0.05) is 6.54 Å². The van der Waals surface area contributed by atoms with Crippen molar-refractivity contribution >= 4 is 16.1 Å². The molecule has 1 fully saturated rings. The van der Waals surface area contributed by atoms with Crippen molar-refractivity contribution in [1.82, 2.24) is 20.5 Å². The molecule has 0 bridgehead atoms. The van der Waals surface area contributed by atoms with E-state index in [0.29, 0.717) is 16.7 Å². The molecule has 0 radical (unpaired) electrons. The number of carbonyl (C=O) groups excluding carboxylic acids is 1. The highest BCUT2D eigenvalue weighted by molar-refractivity contribution is 7.88. The summed E-state index contributed by atoms with van der Waals surface area (Å²) < 4.78 is 59.3. The van der Waals surface area contributed by atoms with Crippen LogP contribution in [0.15, 0.2) is 54.6 Å². The molecule has 3 rings (SSSR count). The van der Waals surface area contributed by atoms with Crippen LogP contribution in [0.2, 0.25) is 0 Å². The minimum Gasteiger partial charge on any atom is -0.444 e. The van der Waals surface area contributed by atoms with E-state index in [1.165, 1.54) is 0 Å². The molecule has 1 aliphatic heterocycles. The van der Waals surface area contributed by atoms with Gasteiger partial charge in [0.2, 0.25) is 10.0 Å². The van der Waals surface area contributed by atoms with Crippen molar-refractivity contribution in [2.75, 3.05) is 6.54 Å². The Morgan fingerprint density at radius 2 is 1.76 bits per heavy atom. The van der Waals surface area contributed by atoms with E-state index >= 15 is 4.39 Å². The largest absolute Gasteiger partial charge is 0.444 e. The second-order valence-corrected chi connectivity index (χ2v) is 10.7. The van der Waals surface area contributed by atoms with Gasteiger partial charge in [0.25, 0.3) is 0 Å². The van der Waals surface area contributed by atoms with Crippen molar-refractivity contribution in [3.8, 4) is 0 Å². The highest BCUT2D eigenvalue weighted by Gasteiger charge is 2.42. The molecule has 3 N–H and O–H groups in total. The molecule has 8 nitrogen and oxygen atoms in total. The first-order valence-electron chi connectivity index (χ1n) is 10.8. The summed E-state index contributed by atoms with van der Waals surface area (Å²) in [4.78, 5) is 16.1. The van der Waals surface area contributed by atoms with Crippen molar-refractivity contribution in [1.29, 1.82) is 0 Å². The molecular weight excluding hydrogens is 466 g/mol. The van der Waals surface area contributed by atoms with Crippen LogP contribution in [-0.4, -0.2) is 44.1 Å². The van der Waals surface area contributed by atoms with Crippen LogP contribution in [0.4, 0.5) is 13.6 Å². The Hall–Kier alpha value is -2.60. The molecule has 3 atom stereocenters. The summed E-state index contributed by atoms with van der Waals surface area (Å²) in [5, 5.41) is 2.20. The fraction of sp³-hybridized carbons (Fsp3) is 0.435. The second-order valence-electron chi connectivity index (χ2n) is 9.01. The number of hydrogen-bond acceptors (Lipinski definition) is 6. The average Bonchev–Trinajstić information content (AvgIpc) is 2.73. The van der Waals surface area contributed by atoms with Crippen LogP contribution in [-0.2, 0) is 27.1 Å². The van der Waals surface area contributed by atoms with E-state index in [1.807, 2.05) is 0 Å². The Morgan fingerprint density at radius 1 is 1.12 bits per heavy atom. The fourth-order valence-electron chi connectivity index (χ4n) is 3.65. The smallest absolute Gasteiger partial charge is 0.411 e. The number of alkyl halides is 2. The van der Waals surface area contributed by atoms with Crippen LogP contribution in [0.3, 0.4) is 0 Å². The molecule has 0 aromatic heterocycles. The zero-order chi connectivity index (χ0) is 24.9. The lowest BCUT2D eigenvalue weighted by molar-refractivity contribution is -0.0358. The standard InChI is InChI=1S/C23H30F2N4O4S/c1-23(2,3)33-22(30)29-14-19(24)27-21(25)20(29)18-12-8-7-11-17(18)13-26-28-34(31,32)15-16-9-5-4-6-10-16/h4-12,19-21,26-28H,13-15H2,1-3H3. The monoisotopic (exact) mass is 496 g/mol. The molecule has 186 valence electrons. The maximum atomic E-state index is 15.0. The predicted molar refractivity (Wildman–Crippen MR) is 124 cm³/mol. The molecular formula is C23H30F2N4O4S. The van der Waals surface area contributed by atoms with Gasteiger partial charge in [-0.1, -0.05) is 54.6 Å². The summed E-state index contributed by atoms with van der Waals surface area (Å²) in [6.07, 6.45) is -4.49. The quantitative estimate of drug-likeness (QED) is 0.402. The Kier molecular flexibility index (Phi) is 8.24. The molecule has 0 saturated carbocycles. The molecule has 1 heterocycles. The van der Waals surface area contributed by atoms with E-state index < -0.39 is 46.9 Å². The van der Waals surface area contributed by atoms with Crippen molar-refractivity contribution < 1.29 is 26.7 Å². The summed E-state index contributed by atoms with van der Waals surface area (Å²) in [5.74, 6) is -0.216.